The molecule has 1 atom stereocenters. The van der Waals surface area contributed by atoms with Crippen LogP contribution < -0.4 is 10.0 Å². The summed E-state index contributed by atoms with van der Waals surface area (Å²) in [4.78, 5) is 12.5. The van der Waals surface area contributed by atoms with Crippen LogP contribution in [0.15, 0.2) is 48.5 Å². The summed E-state index contributed by atoms with van der Waals surface area (Å²) >= 11 is 0. The number of nitrogens with one attached hydrogen (secondary N) is 1. The molecule has 102 valence electrons. The molecule has 1 heterocycles. The Bertz CT molecular complexity index is 636. The number of rotatable bonds is 3. The topological polar surface area (TPSA) is 44.6 Å². The zero-order chi connectivity index (χ0) is 13.9. The number of carbonyl (C=O) groups is 1. The lowest BCUT2D eigenvalue weighted by molar-refractivity contribution is -0.929. The molecule has 2 aromatic carbocycles. The van der Waals surface area contributed by atoms with E-state index in [1.54, 1.807) is 12.1 Å². The lowest BCUT2D eigenvalue weighted by atomic mass is 9.99. The molecular weight excluding hydrogens is 250 g/mol. The van der Waals surface area contributed by atoms with E-state index in [2.05, 4.69) is 24.3 Å². The van der Waals surface area contributed by atoms with Crippen molar-refractivity contribution in [2.24, 2.45) is 0 Å². The fraction of sp³-hybridized carbons (Fsp3) is 0.235. The number of carboxylic acid groups (broad SMARTS) is 1. The SMILES string of the molecule is O=C([O-])c1ccccc1C[NH+]1CCc2ccccc2C1. The maximum atomic E-state index is 11.1. The molecule has 0 radical (unpaired) electrons. The van der Waals surface area contributed by atoms with Crippen LogP contribution >= 0.6 is 0 Å². The predicted molar refractivity (Wildman–Crippen MR) is 74.2 cm³/mol. The van der Waals surface area contributed by atoms with Gasteiger partial charge < -0.3 is 14.8 Å². The summed E-state index contributed by atoms with van der Waals surface area (Å²) in [6.07, 6.45) is 1.05. The van der Waals surface area contributed by atoms with Crippen LogP contribution in [-0.2, 0) is 19.5 Å². The minimum atomic E-state index is -1.09. The largest absolute Gasteiger partial charge is 0.545 e. The Labute approximate surface area is 118 Å². The van der Waals surface area contributed by atoms with Crippen molar-refractivity contribution in [3.8, 4) is 0 Å². The van der Waals surface area contributed by atoms with Gasteiger partial charge in [0, 0.05) is 23.1 Å². The zero-order valence-electron chi connectivity index (χ0n) is 11.3. The van der Waals surface area contributed by atoms with Crippen LogP contribution in [0.25, 0.3) is 0 Å². The highest BCUT2D eigenvalue weighted by Gasteiger charge is 2.20. The van der Waals surface area contributed by atoms with E-state index in [1.165, 1.54) is 16.0 Å². The van der Waals surface area contributed by atoms with Gasteiger partial charge in [-0.25, -0.2) is 0 Å². The van der Waals surface area contributed by atoms with E-state index in [4.69, 9.17) is 0 Å². The Hall–Kier alpha value is -2.13. The fourth-order valence-electron chi connectivity index (χ4n) is 2.94. The Morgan fingerprint density at radius 3 is 2.55 bits per heavy atom. The monoisotopic (exact) mass is 267 g/mol. The van der Waals surface area contributed by atoms with Gasteiger partial charge >= 0.3 is 0 Å². The first-order valence-corrected chi connectivity index (χ1v) is 6.93. The third-order valence-electron chi connectivity index (χ3n) is 3.98. The lowest BCUT2D eigenvalue weighted by Crippen LogP contribution is -3.10. The third kappa shape index (κ3) is 2.58. The maximum absolute atomic E-state index is 11.1. The van der Waals surface area contributed by atoms with Crippen LogP contribution in [0.4, 0.5) is 0 Å². The second kappa shape index (κ2) is 5.47. The smallest absolute Gasteiger partial charge is 0.104 e. The van der Waals surface area contributed by atoms with Crippen LogP contribution in [0.3, 0.4) is 0 Å². The first-order chi connectivity index (χ1) is 9.74. The standard InChI is InChI=1S/C17H17NO2/c19-17(20)16-8-4-3-7-15(16)12-18-10-9-13-5-1-2-6-14(13)11-18/h1-8H,9-12H2,(H,19,20). The van der Waals surface area contributed by atoms with Gasteiger partial charge in [-0.3, -0.25) is 0 Å². The minimum absolute atomic E-state index is 0.318. The summed E-state index contributed by atoms with van der Waals surface area (Å²) in [6.45, 7) is 2.73. The van der Waals surface area contributed by atoms with E-state index in [9.17, 15) is 9.90 Å². The Morgan fingerprint density at radius 1 is 1.05 bits per heavy atom. The van der Waals surface area contributed by atoms with Gasteiger partial charge in [0.2, 0.25) is 0 Å². The quantitative estimate of drug-likeness (QED) is 0.863. The molecule has 0 spiro atoms. The summed E-state index contributed by atoms with van der Waals surface area (Å²) in [5.74, 6) is -1.09. The average molecular weight is 267 g/mol. The van der Waals surface area contributed by atoms with Crippen LogP contribution in [0.5, 0.6) is 0 Å². The third-order valence-corrected chi connectivity index (χ3v) is 3.98. The molecule has 0 amide bonds. The number of hydrogen-bond donors (Lipinski definition) is 1. The van der Waals surface area contributed by atoms with Crippen molar-refractivity contribution in [2.75, 3.05) is 6.54 Å². The Balaban J connectivity index is 1.79. The lowest BCUT2D eigenvalue weighted by Gasteiger charge is -2.26. The van der Waals surface area contributed by atoms with E-state index in [1.807, 2.05) is 12.1 Å². The molecule has 1 aliphatic heterocycles. The van der Waals surface area contributed by atoms with Crippen LogP contribution in [-0.4, -0.2) is 12.5 Å². The van der Waals surface area contributed by atoms with Crippen LogP contribution in [0, 0.1) is 0 Å². The molecule has 1 N–H and O–H groups in total. The molecule has 0 saturated carbocycles. The van der Waals surface area contributed by atoms with Crippen molar-refractivity contribution >= 4 is 5.97 Å². The van der Waals surface area contributed by atoms with E-state index in [0.717, 1.165) is 31.6 Å². The second-order valence-electron chi connectivity index (χ2n) is 5.32. The molecule has 0 aliphatic carbocycles. The highest BCUT2D eigenvalue weighted by Crippen LogP contribution is 2.12. The van der Waals surface area contributed by atoms with Gasteiger partial charge in [0.15, 0.2) is 0 Å². The van der Waals surface area contributed by atoms with Crippen LogP contribution in [0.1, 0.15) is 27.0 Å². The minimum Gasteiger partial charge on any atom is -0.545 e. The number of benzene rings is 2. The molecular formula is C17H17NO2. The summed E-state index contributed by atoms with van der Waals surface area (Å²) in [5.41, 5.74) is 3.98. The summed E-state index contributed by atoms with van der Waals surface area (Å²) < 4.78 is 0. The molecule has 3 nitrogen and oxygen atoms in total. The summed E-state index contributed by atoms with van der Waals surface area (Å²) in [6, 6.07) is 15.6. The molecule has 0 bridgehead atoms. The van der Waals surface area contributed by atoms with Crippen molar-refractivity contribution in [3.05, 3.63) is 70.8 Å². The predicted octanol–water partition coefficient (Wildman–Crippen LogP) is 0.191. The Morgan fingerprint density at radius 2 is 1.75 bits per heavy atom. The van der Waals surface area contributed by atoms with E-state index in [-0.39, 0.29) is 0 Å². The van der Waals surface area contributed by atoms with Crippen molar-refractivity contribution in [3.63, 3.8) is 0 Å². The highest BCUT2D eigenvalue weighted by molar-refractivity contribution is 5.87. The van der Waals surface area contributed by atoms with Gasteiger partial charge in [-0.2, -0.15) is 0 Å². The molecule has 3 heteroatoms. The molecule has 1 aliphatic rings. The van der Waals surface area contributed by atoms with Gasteiger partial charge in [-0.05, 0) is 5.56 Å². The van der Waals surface area contributed by atoms with Crippen molar-refractivity contribution in [2.45, 2.75) is 19.5 Å². The molecule has 1 unspecified atom stereocenters. The maximum Gasteiger partial charge on any atom is 0.104 e. The molecule has 0 aromatic heterocycles. The summed E-state index contributed by atoms with van der Waals surface area (Å²) in [7, 11) is 0. The second-order valence-corrected chi connectivity index (χ2v) is 5.32. The van der Waals surface area contributed by atoms with Gasteiger partial charge in [-0.1, -0.05) is 48.5 Å². The van der Waals surface area contributed by atoms with E-state index in [0.29, 0.717) is 5.56 Å². The van der Waals surface area contributed by atoms with Crippen LogP contribution in [0.2, 0.25) is 0 Å². The summed E-state index contributed by atoms with van der Waals surface area (Å²) in [5, 5.41) is 11.1. The Kier molecular flexibility index (Phi) is 3.52. The van der Waals surface area contributed by atoms with Crippen molar-refractivity contribution in [1.29, 1.82) is 0 Å². The molecule has 0 fully saturated rings. The number of hydrogen-bond acceptors (Lipinski definition) is 2. The van der Waals surface area contributed by atoms with E-state index >= 15 is 0 Å². The zero-order valence-corrected chi connectivity index (χ0v) is 11.3. The molecule has 20 heavy (non-hydrogen) atoms. The van der Waals surface area contributed by atoms with Gasteiger partial charge in [-0.15, -0.1) is 0 Å². The number of quaternary nitrogens is 1. The van der Waals surface area contributed by atoms with Crippen molar-refractivity contribution in [1.82, 2.24) is 0 Å². The average Bonchev–Trinajstić information content (AvgIpc) is 2.47. The van der Waals surface area contributed by atoms with Gasteiger partial charge in [0.1, 0.15) is 13.1 Å². The van der Waals surface area contributed by atoms with E-state index < -0.39 is 5.97 Å². The number of carboxylic acids is 1. The van der Waals surface area contributed by atoms with Gasteiger partial charge in [0.25, 0.3) is 0 Å². The molecule has 2 aromatic rings. The molecule has 3 rings (SSSR count). The number of fused-ring (bicyclic) bond motifs is 1. The first-order valence-electron chi connectivity index (χ1n) is 6.93. The van der Waals surface area contributed by atoms with Gasteiger partial charge in [0.05, 0.1) is 12.5 Å². The molecule has 0 saturated heterocycles. The normalized spacial score (nSPS) is 17.5. The first kappa shape index (κ1) is 12.9. The van der Waals surface area contributed by atoms with Crippen molar-refractivity contribution < 1.29 is 14.8 Å². The highest BCUT2D eigenvalue weighted by atomic mass is 16.4. The number of carbonyl (C=O) groups excluding carboxylic acids is 1. The fourth-order valence-corrected chi connectivity index (χ4v) is 2.94. The number of aromatic carboxylic acids is 1.